The number of halogens is 1. The Hall–Kier alpha value is -0.650. The minimum atomic E-state index is 0.0935. The van der Waals surface area contributed by atoms with Gasteiger partial charge in [0.15, 0.2) is 0 Å². The molecule has 1 aliphatic rings. The van der Waals surface area contributed by atoms with Gasteiger partial charge in [0, 0.05) is 19.0 Å². The van der Waals surface area contributed by atoms with Gasteiger partial charge >= 0.3 is 0 Å². The Morgan fingerprint density at radius 3 is 3.18 bits per heavy atom. The van der Waals surface area contributed by atoms with E-state index in [4.69, 9.17) is 16.3 Å². The lowest BCUT2D eigenvalue weighted by Gasteiger charge is -2.22. The lowest BCUT2D eigenvalue weighted by Crippen LogP contribution is -2.38. The Kier molecular flexibility index (Phi) is 4.36. The van der Waals surface area contributed by atoms with Crippen LogP contribution in [0.1, 0.15) is 17.1 Å². The molecule has 1 unspecified atom stereocenters. The second kappa shape index (κ2) is 5.80. The number of alkyl halides is 1. The fourth-order valence-corrected chi connectivity index (χ4v) is 2.79. The predicted molar refractivity (Wildman–Crippen MR) is 67.4 cm³/mol. The molecule has 1 aliphatic heterocycles. The van der Waals surface area contributed by atoms with E-state index in [0.29, 0.717) is 18.9 Å². The molecule has 4 nitrogen and oxygen atoms in total. The SMILES string of the molecule is CN(C(=O)Cc1nc(CCl)cs1)C1CCOC1. The molecule has 0 radical (unpaired) electrons. The molecule has 2 heterocycles. The Morgan fingerprint density at radius 1 is 1.76 bits per heavy atom. The zero-order valence-electron chi connectivity index (χ0n) is 9.69. The van der Waals surface area contributed by atoms with Crippen LogP contribution in [0.5, 0.6) is 0 Å². The molecule has 1 aromatic heterocycles. The van der Waals surface area contributed by atoms with Crippen LogP contribution >= 0.6 is 22.9 Å². The molecule has 0 bridgehead atoms. The minimum Gasteiger partial charge on any atom is -0.379 e. The minimum absolute atomic E-state index is 0.0935. The number of hydrogen-bond donors (Lipinski definition) is 0. The molecule has 0 N–H and O–H groups in total. The number of rotatable bonds is 4. The van der Waals surface area contributed by atoms with Crippen molar-refractivity contribution in [1.29, 1.82) is 0 Å². The number of hydrogen-bond acceptors (Lipinski definition) is 4. The Morgan fingerprint density at radius 2 is 2.59 bits per heavy atom. The summed E-state index contributed by atoms with van der Waals surface area (Å²) in [4.78, 5) is 18.1. The molecule has 17 heavy (non-hydrogen) atoms. The summed E-state index contributed by atoms with van der Waals surface area (Å²) < 4.78 is 5.28. The molecule has 1 saturated heterocycles. The first-order chi connectivity index (χ1) is 8.20. The van der Waals surface area contributed by atoms with Crippen molar-refractivity contribution in [2.75, 3.05) is 20.3 Å². The molecule has 0 aromatic carbocycles. The summed E-state index contributed by atoms with van der Waals surface area (Å²) in [5.74, 6) is 0.493. The molecule has 1 aromatic rings. The van der Waals surface area contributed by atoms with Crippen molar-refractivity contribution in [3.63, 3.8) is 0 Å². The van der Waals surface area contributed by atoms with Gasteiger partial charge in [-0.25, -0.2) is 4.98 Å². The van der Waals surface area contributed by atoms with Crippen molar-refractivity contribution in [2.45, 2.75) is 24.8 Å². The van der Waals surface area contributed by atoms with Gasteiger partial charge in [-0.15, -0.1) is 22.9 Å². The van der Waals surface area contributed by atoms with Gasteiger partial charge in [-0.3, -0.25) is 4.79 Å². The molecule has 0 saturated carbocycles. The van der Waals surface area contributed by atoms with Gasteiger partial charge in [0.05, 0.1) is 30.6 Å². The maximum atomic E-state index is 12.0. The molecule has 1 amide bonds. The van der Waals surface area contributed by atoms with Crippen molar-refractivity contribution in [3.8, 4) is 0 Å². The van der Waals surface area contributed by atoms with Gasteiger partial charge < -0.3 is 9.64 Å². The van der Waals surface area contributed by atoms with Crippen LogP contribution in [0.2, 0.25) is 0 Å². The maximum absolute atomic E-state index is 12.0. The Bertz CT molecular complexity index is 391. The third kappa shape index (κ3) is 3.18. The molecule has 6 heteroatoms. The van der Waals surface area contributed by atoms with Crippen LogP contribution in [0.25, 0.3) is 0 Å². The first-order valence-electron chi connectivity index (χ1n) is 5.53. The van der Waals surface area contributed by atoms with Gasteiger partial charge in [-0.2, -0.15) is 0 Å². The number of aromatic nitrogens is 1. The quantitative estimate of drug-likeness (QED) is 0.785. The highest BCUT2D eigenvalue weighted by Gasteiger charge is 2.24. The molecule has 1 fully saturated rings. The highest BCUT2D eigenvalue weighted by atomic mass is 35.5. The van der Waals surface area contributed by atoms with Gasteiger partial charge in [0.1, 0.15) is 5.01 Å². The van der Waals surface area contributed by atoms with Gasteiger partial charge in [-0.05, 0) is 6.42 Å². The van der Waals surface area contributed by atoms with E-state index in [1.54, 1.807) is 4.90 Å². The maximum Gasteiger partial charge on any atom is 0.229 e. The number of ether oxygens (including phenoxy) is 1. The summed E-state index contributed by atoms with van der Waals surface area (Å²) in [5.41, 5.74) is 0.839. The summed E-state index contributed by atoms with van der Waals surface area (Å²) in [6.07, 6.45) is 1.28. The lowest BCUT2D eigenvalue weighted by molar-refractivity contribution is -0.131. The lowest BCUT2D eigenvalue weighted by atomic mass is 10.2. The highest BCUT2D eigenvalue weighted by Crippen LogP contribution is 2.15. The summed E-state index contributed by atoms with van der Waals surface area (Å²) in [7, 11) is 1.83. The van der Waals surface area contributed by atoms with E-state index in [2.05, 4.69) is 4.98 Å². The van der Waals surface area contributed by atoms with Crippen molar-refractivity contribution >= 4 is 28.8 Å². The van der Waals surface area contributed by atoms with Crippen LogP contribution in [0.3, 0.4) is 0 Å². The summed E-state index contributed by atoms with van der Waals surface area (Å²) >= 11 is 7.16. The second-order valence-electron chi connectivity index (χ2n) is 4.07. The molecular weight excluding hydrogens is 260 g/mol. The Labute approximate surface area is 110 Å². The highest BCUT2D eigenvalue weighted by molar-refractivity contribution is 7.09. The zero-order chi connectivity index (χ0) is 12.3. The van der Waals surface area contributed by atoms with Crippen LogP contribution in [0, 0.1) is 0 Å². The monoisotopic (exact) mass is 274 g/mol. The summed E-state index contributed by atoms with van der Waals surface area (Å²) in [6.45, 7) is 1.39. The van der Waals surface area contributed by atoms with Crippen molar-refractivity contribution in [2.24, 2.45) is 0 Å². The number of thiazole rings is 1. The van der Waals surface area contributed by atoms with Crippen LogP contribution in [0.15, 0.2) is 5.38 Å². The first-order valence-corrected chi connectivity index (χ1v) is 6.94. The molecule has 94 valence electrons. The number of amides is 1. The van der Waals surface area contributed by atoms with Crippen molar-refractivity contribution in [1.82, 2.24) is 9.88 Å². The van der Waals surface area contributed by atoms with E-state index in [1.807, 2.05) is 12.4 Å². The van der Waals surface area contributed by atoms with Crippen LogP contribution in [0.4, 0.5) is 0 Å². The standard InChI is InChI=1S/C11H15ClN2O2S/c1-14(9-2-3-16-6-9)11(15)4-10-13-8(5-12)7-17-10/h7,9H,2-6H2,1H3. The number of carbonyl (C=O) groups excluding carboxylic acids is 1. The van der Waals surface area contributed by atoms with Crippen LogP contribution in [-0.4, -0.2) is 42.1 Å². The van der Waals surface area contributed by atoms with Gasteiger partial charge in [0.2, 0.25) is 5.91 Å². The fourth-order valence-electron chi connectivity index (χ4n) is 1.78. The predicted octanol–water partition coefficient (Wildman–Crippen LogP) is 1.67. The Balaban J connectivity index is 1.91. The van der Waals surface area contributed by atoms with Gasteiger partial charge in [0.25, 0.3) is 0 Å². The average Bonchev–Trinajstić information content (AvgIpc) is 2.98. The topological polar surface area (TPSA) is 42.4 Å². The smallest absolute Gasteiger partial charge is 0.229 e. The molecular formula is C11H15ClN2O2S. The van der Waals surface area contributed by atoms with E-state index in [1.165, 1.54) is 11.3 Å². The van der Waals surface area contributed by atoms with E-state index >= 15 is 0 Å². The number of likely N-dealkylation sites (N-methyl/N-ethyl adjacent to an activating group) is 1. The van der Waals surface area contributed by atoms with Crippen LogP contribution < -0.4 is 0 Å². The summed E-state index contributed by atoms with van der Waals surface area (Å²) in [5, 5.41) is 2.73. The van der Waals surface area contributed by atoms with Gasteiger partial charge in [-0.1, -0.05) is 0 Å². The molecule has 0 spiro atoms. The van der Waals surface area contributed by atoms with E-state index < -0.39 is 0 Å². The molecule has 1 atom stereocenters. The molecule has 2 rings (SSSR count). The number of nitrogens with zero attached hydrogens (tertiary/aromatic N) is 2. The van der Waals surface area contributed by atoms with Crippen LogP contribution in [-0.2, 0) is 21.8 Å². The third-order valence-electron chi connectivity index (χ3n) is 2.89. The number of carbonyl (C=O) groups is 1. The van der Waals surface area contributed by atoms with E-state index in [9.17, 15) is 4.79 Å². The van der Waals surface area contributed by atoms with Crippen molar-refractivity contribution in [3.05, 3.63) is 16.1 Å². The average molecular weight is 275 g/mol. The fraction of sp³-hybridized carbons (Fsp3) is 0.636. The molecule has 0 aliphatic carbocycles. The largest absolute Gasteiger partial charge is 0.379 e. The second-order valence-corrected chi connectivity index (χ2v) is 5.27. The summed E-state index contributed by atoms with van der Waals surface area (Å²) in [6, 6.07) is 0.218. The first kappa shape index (κ1) is 12.8. The van der Waals surface area contributed by atoms with Crippen molar-refractivity contribution < 1.29 is 9.53 Å². The van der Waals surface area contributed by atoms with E-state index in [0.717, 1.165) is 23.7 Å². The third-order valence-corrected chi connectivity index (χ3v) is 4.06. The zero-order valence-corrected chi connectivity index (χ0v) is 11.3. The van der Waals surface area contributed by atoms with E-state index in [-0.39, 0.29) is 11.9 Å². The normalized spacial score (nSPS) is 19.5.